The lowest BCUT2D eigenvalue weighted by Gasteiger charge is -2.26. The van der Waals surface area contributed by atoms with Gasteiger partial charge in [-0.1, -0.05) is 18.2 Å². The van der Waals surface area contributed by atoms with Gasteiger partial charge in [-0.15, -0.1) is 0 Å². The maximum absolute atomic E-state index is 13.6. The number of hydrogen-bond acceptors (Lipinski definition) is 6. The van der Waals surface area contributed by atoms with E-state index in [1.165, 1.54) is 12.0 Å². The molecular weight excluding hydrogens is 436 g/mol. The maximum Gasteiger partial charge on any atom is 0.290 e. The van der Waals surface area contributed by atoms with Crippen LogP contribution in [0.15, 0.2) is 83.3 Å². The molecule has 3 aromatic heterocycles. The number of fused-ring (bicyclic) bond motifs is 1. The molecule has 0 saturated heterocycles. The van der Waals surface area contributed by atoms with Crippen molar-refractivity contribution in [2.45, 2.75) is 19.0 Å². The molecule has 0 aliphatic carbocycles. The van der Waals surface area contributed by atoms with Crippen molar-refractivity contribution >= 4 is 22.7 Å². The van der Waals surface area contributed by atoms with Crippen LogP contribution >= 0.6 is 0 Å². The number of H-pyrrole nitrogens is 1. The Hall–Kier alpha value is -4.40. The van der Waals surface area contributed by atoms with Gasteiger partial charge in [-0.05, 0) is 23.8 Å². The highest BCUT2D eigenvalue weighted by Gasteiger charge is 2.44. The third-order valence-corrected chi connectivity index (χ3v) is 5.92. The summed E-state index contributed by atoms with van der Waals surface area (Å²) in [6.45, 7) is 1.01. The van der Waals surface area contributed by atoms with E-state index in [9.17, 15) is 14.7 Å². The van der Waals surface area contributed by atoms with Crippen molar-refractivity contribution in [1.82, 2.24) is 14.9 Å². The molecular formula is C25H23N4O5+. The Balaban J connectivity index is 1.50. The van der Waals surface area contributed by atoms with Gasteiger partial charge in [-0.3, -0.25) is 19.6 Å². The Labute approximate surface area is 194 Å². The molecule has 34 heavy (non-hydrogen) atoms. The van der Waals surface area contributed by atoms with E-state index >= 15 is 0 Å². The van der Waals surface area contributed by atoms with Crippen molar-refractivity contribution in [3.63, 3.8) is 0 Å². The largest absolute Gasteiger partial charge is 0.503 e. The first-order valence-electron chi connectivity index (χ1n) is 10.9. The number of aromatic amines is 1. The predicted octanol–water partition coefficient (Wildman–Crippen LogP) is 3.12. The SMILES string of the molecule is COc1cccc2cc(C(=O)C3=C(O)C(=O)N(CCC[n+]4cc[nH]c4)C3c3cccnc3)oc12. The van der Waals surface area contributed by atoms with Crippen LogP contribution in [0, 0.1) is 0 Å². The molecule has 0 saturated carbocycles. The molecule has 172 valence electrons. The number of para-hydroxylation sites is 1. The number of aliphatic hydroxyl groups excluding tert-OH is 1. The fourth-order valence-electron chi connectivity index (χ4n) is 4.33. The highest BCUT2D eigenvalue weighted by atomic mass is 16.5. The quantitative estimate of drug-likeness (QED) is 0.309. The van der Waals surface area contributed by atoms with Crippen molar-refractivity contribution in [2.75, 3.05) is 13.7 Å². The first kappa shape index (κ1) is 21.4. The number of ether oxygens (including phenoxy) is 1. The summed E-state index contributed by atoms with van der Waals surface area (Å²) in [5.41, 5.74) is 1.03. The lowest BCUT2D eigenvalue weighted by molar-refractivity contribution is -0.695. The van der Waals surface area contributed by atoms with Gasteiger partial charge >= 0.3 is 0 Å². The minimum Gasteiger partial charge on any atom is -0.503 e. The second-order valence-corrected chi connectivity index (χ2v) is 7.97. The van der Waals surface area contributed by atoms with Crippen LogP contribution in [0.3, 0.4) is 0 Å². The summed E-state index contributed by atoms with van der Waals surface area (Å²) in [5.74, 6) is -1.21. The Morgan fingerprint density at radius 1 is 1.32 bits per heavy atom. The predicted molar refractivity (Wildman–Crippen MR) is 121 cm³/mol. The third-order valence-electron chi connectivity index (χ3n) is 5.92. The lowest BCUT2D eigenvalue weighted by Crippen LogP contribution is -2.36. The first-order valence-corrected chi connectivity index (χ1v) is 10.9. The Kier molecular flexibility index (Phi) is 5.59. The van der Waals surface area contributed by atoms with Crippen LogP contribution in [-0.2, 0) is 11.3 Å². The van der Waals surface area contributed by atoms with Crippen molar-refractivity contribution in [3.05, 3.63) is 90.2 Å². The molecule has 1 aliphatic rings. The van der Waals surface area contributed by atoms with E-state index in [1.807, 2.05) is 23.3 Å². The van der Waals surface area contributed by atoms with Gasteiger partial charge in [0.2, 0.25) is 12.1 Å². The van der Waals surface area contributed by atoms with Crippen molar-refractivity contribution < 1.29 is 28.4 Å². The number of methoxy groups -OCH3 is 1. The molecule has 5 rings (SSSR count). The number of rotatable bonds is 8. The monoisotopic (exact) mass is 459 g/mol. The molecule has 1 amide bonds. The summed E-state index contributed by atoms with van der Waals surface area (Å²) in [4.78, 5) is 35.3. The lowest BCUT2D eigenvalue weighted by atomic mass is 9.96. The first-order chi connectivity index (χ1) is 16.6. The number of carbonyl (C=O) groups is 2. The number of pyridine rings is 1. The number of furan rings is 1. The summed E-state index contributed by atoms with van der Waals surface area (Å²) >= 11 is 0. The maximum atomic E-state index is 13.6. The fraction of sp³-hybridized carbons (Fsp3) is 0.200. The zero-order chi connectivity index (χ0) is 23.7. The van der Waals surface area contributed by atoms with Gasteiger partial charge in [0.25, 0.3) is 5.91 Å². The van der Waals surface area contributed by atoms with Crippen LogP contribution in [0.4, 0.5) is 0 Å². The van der Waals surface area contributed by atoms with Crippen LogP contribution in [0.5, 0.6) is 5.75 Å². The van der Waals surface area contributed by atoms with Gasteiger partial charge in [-0.2, -0.15) is 0 Å². The minimum absolute atomic E-state index is 0.0208. The van der Waals surface area contributed by atoms with E-state index in [2.05, 4.69) is 9.97 Å². The summed E-state index contributed by atoms with van der Waals surface area (Å²) < 4.78 is 13.1. The van der Waals surface area contributed by atoms with E-state index in [0.717, 1.165) is 0 Å². The number of amides is 1. The number of aromatic nitrogens is 3. The number of hydrogen-bond donors (Lipinski definition) is 2. The van der Waals surface area contributed by atoms with Gasteiger partial charge in [0.15, 0.2) is 22.9 Å². The topological polar surface area (TPSA) is 113 Å². The number of Topliss-reactive ketones (excluding diaryl/α,β-unsaturated/α-hetero) is 1. The summed E-state index contributed by atoms with van der Waals surface area (Å²) in [6.07, 6.45) is 9.37. The zero-order valence-electron chi connectivity index (χ0n) is 18.5. The highest BCUT2D eigenvalue weighted by Crippen LogP contribution is 2.40. The number of aryl methyl sites for hydroxylation is 1. The molecule has 1 unspecified atom stereocenters. The number of carbonyl (C=O) groups excluding carboxylic acids is 2. The van der Waals surface area contributed by atoms with Gasteiger partial charge in [-0.25, -0.2) is 4.57 Å². The fourth-order valence-corrected chi connectivity index (χ4v) is 4.33. The molecule has 4 heterocycles. The second-order valence-electron chi connectivity index (χ2n) is 7.97. The number of benzene rings is 1. The Morgan fingerprint density at radius 2 is 2.21 bits per heavy atom. The molecule has 2 N–H and O–H groups in total. The van der Waals surface area contributed by atoms with Gasteiger partial charge in [0, 0.05) is 30.7 Å². The minimum atomic E-state index is -0.778. The number of ketones is 1. The Morgan fingerprint density at radius 3 is 2.94 bits per heavy atom. The van der Waals surface area contributed by atoms with Crippen LogP contribution in [-0.4, -0.2) is 45.3 Å². The smallest absolute Gasteiger partial charge is 0.290 e. The normalized spacial score (nSPS) is 16.0. The molecule has 0 spiro atoms. The number of imidazole rings is 1. The molecule has 0 bridgehead atoms. The van der Waals surface area contributed by atoms with Gasteiger partial charge in [0.05, 0.1) is 25.3 Å². The van der Waals surface area contributed by atoms with Crippen molar-refractivity contribution in [1.29, 1.82) is 0 Å². The standard InChI is InChI=1S/C25H22N4O5/c1-33-18-7-2-5-16-13-19(34-24(16)18)22(30)20-21(17-6-3-8-26-14-17)29(25(32)23(20)31)11-4-10-28-12-9-27-15-28/h2-3,5-9,12-15,21H,4,10-11H2,1H3,(H,30,31)/p+1. The van der Waals surface area contributed by atoms with Crippen LogP contribution in [0.25, 0.3) is 11.0 Å². The van der Waals surface area contributed by atoms with Gasteiger partial charge in [0.1, 0.15) is 12.4 Å². The van der Waals surface area contributed by atoms with E-state index in [1.54, 1.807) is 48.8 Å². The molecule has 9 heteroatoms. The van der Waals surface area contributed by atoms with E-state index in [0.29, 0.717) is 41.8 Å². The second kappa shape index (κ2) is 8.86. The number of nitrogens with one attached hydrogen (secondary N) is 1. The molecule has 1 aliphatic heterocycles. The van der Waals surface area contributed by atoms with Crippen LogP contribution < -0.4 is 9.30 Å². The average molecular weight is 459 g/mol. The third kappa shape index (κ3) is 3.71. The molecule has 0 radical (unpaired) electrons. The molecule has 9 nitrogen and oxygen atoms in total. The van der Waals surface area contributed by atoms with Crippen LogP contribution in [0.2, 0.25) is 0 Å². The summed E-state index contributed by atoms with van der Waals surface area (Å²) in [6, 6.07) is 9.66. The van der Waals surface area contributed by atoms with Crippen molar-refractivity contribution in [2.24, 2.45) is 0 Å². The summed E-state index contributed by atoms with van der Waals surface area (Å²) in [7, 11) is 1.52. The molecule has 0 fully saturated rings. The number of aliphatic hydroxyl groups is 1. The highest BCUT2D eigenvalue weighted by molar-refractivity contribution is 6.16. The van der Waals surface area contributed by atoms with E-state index in [-0.39, 0.29) is 11.3 Å². The van der Waals surface area contributed by atoms with Crippen LogP contribution in [0.1, 0.15) is 28.6 Å². The molecule has 1 aromatic carbocycles. The summed E-state index contributed by atoms with van der Waals surface area (Å²) in [5, 5.41) is 11.5. The van der Waals surface area contributed by atoms with Crippen molar-refractivity contribution in [3.8, 4) is 5.75 Å². The van der Waals surface area contributed by atoms with E-state index in [4.69, 9.17) is 9.15 Å². The Bertz CT molecular complexity index is 1380. The zero-order valence-corrected chi connectivity index (χ0v) is 18.5. The van der Waals surface area contributed by atoms with E-state index < -0.39 is 23.5 Å². The average Bonchev–Trinajstić information content (AvgIpc) is 3.59. The van der Waals surface area contributed by atoms with Gasteiger partial charge < -0.3 is 19.2 Å². The number of nitrogens with zero attached hydrogens (tertiary/aromatic N) is 3. The molecule has 1 atom stereocenters. The molecule has 4 aromatic rings.